The summed E-state index contributed by atoms with van der Waals surface area (Å²) in [5.41, 5.74) is 2.09. The number of methoxy groups -OCH3 is 2. The highest BCUT2D eigenvalue weighted by Crippen LogP contribution is 2.27. The van der Waals surface area contributed by atoms with Gasteiger partial charge < -0.3 is 24.3 Å². The first-order chi connectivity index (χ1) is 14.4. The van der Waals surface area contributed by atoms with Crippen LogP contribution in [0.15, 0.2) is 59.0 Å². The molecule has 0 saturated heterocycles. The quantitative estimate of drug-likeness (QED) is 0.518. The van der Waals surface area contributed by atoms with Crippen LogP contribution in [-0.2, 0) is 14.3 Å². The van der Waals surface area contributed by atoms with Gasteiger partial charge in [0, 0.05) is 30.7 Å². The van der Waals surface area contributed by atoms with Gasteiger partial charge in [-0.1, -0.05) is 37.3 Å². The molecule has 0 fully saturated rings. The fourth-order valence-electron chi connectivity index (χ4n) is 3.31. The molecule has 2 N–H and O–H groups in total. The number of carboxylic acids is 1. The molecule has 0 aliphatic heterocycles. The highest BCUT2D eigenvalue weighted by Gasteiger charge is 2.28. The average Bonchev–Trinajstić information content (AvgIpc) is 3.18. The second-order valence-electron chi connectivity index (χ2n) is 7.12. The maximum Gasteiger partial charge on any atom is 0.306 e. The van der Waals surface area contributed by atoms with E-state index < -0.39 is 24.2 Å². The number of carbonyl (C=O) groups excluding carboxylic acids is 1. The second kappa shape index (κ2) is 9.56. The van der Waals surface area contributed by atoms with Crippen molar-refractivity contribution in [1.29, 1.82) is 0 Å². The molecule has 1 heterocycles. The summed E-state index contributed by atoms with van der Waals surface area (Å²) in [5, 5.41) is 13.0. The van der Waals surface area contributed by atoms with Gasteiger partial charge >= 0.3 is 5.97 Å². The van der Waals surface area contributed by atoms with Gasteiger partial charge in [0.1, 0.15) is 11.3 Å². The van der Waals surface area contributed by atoms with Gasteiger partial charge in [0.15, 0.2) is 6.29 Å². The molecule has 2 aromatic carbocycles. The van der Waals surface area contributed by atoms with Crippen LogP contribution in [0.5, 0.6) is 0 Å². The van der Waals surface area contributed by atoms with Gasteiger partial charge in [-0.3, -0.25) is 9.59 Å². The molecule has 0 spiro atoms. The van der Waals surface area contributed by atoms with Crippen molar-refractivity contribution in [3.05, 3.63) is 60.2 Å². The molecule has 3 aromatic rings. The molecule has 0 aliphatic carbocycles. The number of benzene rings is 2. The Labute approximate surface area is 174 Å². The second-order valence-corrected chi connectivity index (χ2v) is 7.12. The Hall–Kier alpha value is -3.16. The molecule has 3 rings (SSSR count). The number of hydrogen-bond acceptors (Lipinski definition) is 5. The van der Waals surface area contributed by atoms with Crippen molar-refractivity contribution in [1.82, 2.24) is 5.32 Å². The standard InChI is InChI=1S/C23H25NO6/c1-14(22(26)27)12-18(23(28-2)29-3)24-21(25)16-10-8-15(9-11-16)20-13-17-6-4-5-7-19(17)30-20/h4-11,13-14,18,23H,12H2,1-3H3,(H,24,25)(H,26,27)/t14-,18-/m0/s1. The van der Waals surface area contributed by atoms with Crippen LogP contribution in [0.25, 0.3) is 22.3 Å². The normalized spacial score (nSPS) is 13.3. The Kier molecular flexibility index (Phi) is 6.87. The lowest BCUT2D eigenvalue weighted by Crippen LogP contribution is -2.46. The van der Waals surface area contributed by atoms with E-state index in [1.54, 1.807) is 19.1 Å². The van der Waals surface area contributed by atoms with Gasteiger partial charge in [0.2, 0.25) is 0 Å². The summed E-state index contributed by atoms with van der Waals surface area (Å²) < 4.78 is 16.3. The zero-order chi connectivity index (χ0) is 21.7. The first kappa shape index (κ1) is 21.5. The van der Waals surface area contributed by atoms with Crippen LogP contribution in [-0.4, -0.2) is 43.5 Å². The Bertz CT molecular complexity index is 973. The van der Waals surface area contributed by atoms with E-state index in [9.17, 15) is 14.7 Å². The van der Waals surface area contributed by atoms with Crippen LogP contribution in [0, 0.1) is 5.92 Å². The van der Waals surface area contributed by atoms with Gasteiger partial charge in [-0.15, -0.1) is 0 Å². The molecule has 0 aliphatic rings. The molecule has 7 nitrogen and oxygen atoms in total. The molecule has 0 unspecified atom stereocenters. The molecule has 0 bridgehead atoms. The molecule has 2 atom stereocenters. The van der Waals surface area contributed by atoms with Gasteiger partial charge in [0.05, 0.1) is 12.0 Å². The first-order valence-electron chi connectivity index (χ1n) is 9.61. The number of fused-ring (bicyclic) bond motifs is 1. The van der Waals surface area contributed by atoms with Crippen LogP contribution in [0.2, 0.25) is 0 Å². The summed E-state index contributed by atoms with van der Waals surface area (Å²) in [6.07, 6.45) is -0.588. The fraction of sp³-hybridized carbons (Fsp3) is 0.304. The van der Waals surface area contributed by atoms with Crippen molar-refractivity contribution in [3.63, 3.8) is 0 Å². The maximum atomic E-state index is 12.7. The largest absolute Gasteiger partial charge is 0.481 e. The average molecular weight is 411 g/mol. The number of carbonyl (C=O) groups is 2. The van der Waals surface area contributed by atoms with E-state index in [-0.39, 0.29) is 12.3 Å². The SMILES string of the molecule is COC(OC)[C@H](C[C@H](C)C(=O)O)NC(=O)c1ccc(-c2cc3ccccc3o2)cc1. The van der Waals surface area contributed by atoms with Crippen LogP contribution in [0.1, 0.15) is 23.7 Å². The summed E-state index contributed by atoms with van der Waals surface area (Å²) in [6, 6.07) is 16.1. The van der Waals surface area contributed by atoms with Crippen LogP contribution < -0.4 is 5.32 Å². The Morgan fingerprint density at radius 3 is 2.33 bits per heavy atom. The highest BCUT2D eigenvalue weighted by molar-refractivity contribution is 5.95. The molecule has 7 heteroatoms. The number of furan rings is 1. The fourth-order valence-corrected chi connectivity index (χ4v) is 3.31. The van der Waals surface area contributed by atoms with Crippen LogP contribution >= 0.6 is 0 Å². The molecular formula is C23H25NO6. The number of rotatable bonds is 9. The van der Waals surface area contributed by atoms with E-state index >= 15 is 0 Å². The number of aliphatic carboxylic acids is 1. The van der Waals surface area contributed by atoms with E-state index in [0.29, 0.717) is 5.56 Å². The lowest BCUT2D eigenvalue weighted by molar-refractivity contribution is -0.145. The Balaban J connectivity index is 1.75. The third kappa shape index (κ3) is 4.87. The van der Waals surface area contributed by atoms with Crippen LogP contribution in [0.3, 0.4) is 0 Å². The minimum atomic E-state index is -0.949. The molecule has 0 radical (unpaired) electrons. The Morgan fingerprint density at radius 2 is 1.73 bits per heavy atom. The summed E-state index contributed by atoms with van der Waals surface area (Å²) in [4.78, 5) is 24.0. The molecule has 1 aromatic heterocycles. The third-order valence-electron chi connectivity index (χ3n) is 5.00. The monoisotopic (exact) mass is 411 g/mol. The number of para-hydroxylation sites is 1. The number of ether oxygens (including phenoxy) is 2. The van der Waals surface area contributed by atoms with Gasteiger partial charge in [0.25, 0.3) is 5.91 Å². The zero-order valence-corrected chi connectivity index (χ0v) is 17.1. The summed E-state index contributed by atoms with van der Waals surface area (Å²) in [5.74, 6) is -1.24. The number of nitrogens with one attached hydrogen (secondary N) is 1. The molecule has 1 amide bonds. The first-order valence-corrected chi connectivity index (χ1v) is 9.61. The van der Waals surface area contributed by atoms with Gasteiger partial charge in [-0.25, -0.2) is 0 Å². The highest BCUT2D eigenvalue weighted by atomic mass is 16.7. The third-order valence-corrected chi connectivity index (χ3v) is 5.00. The lowest BCUT2D eigenvalue weighted by atomic mass is 10.0. The Morgan fingerprint density at radius 1 is 1.07 bits per heavy atom. The van der Waals surface area contributed by atoms with E-state index in [1.165, 1.54) is 14.2 Å². The van der Waals surface area contributed by atoms with Crippen molar-refractivity contribution < 1.29 is 28.6 Å². The van der Waals surface area contributed by atoms with E-state index in [0.717, 1.165) is 22.3 Å². The summed E-state index contributed by atoms with van der Waals surface area (Å²) >= 11 is 0. The summed E-state index contributed by atoms with van der Waals surface area (Å²) in [7, 11) is 2.89. The van der Waals surface area contributed by atoms with E-state index in [2.05, 4.69) is 5.32 Å². The molecule has 30 heavy (non-hydrogen) atoms. The molecule has 158 valence electrons. The number of hydrogen-bond donors (Lipinski definition) is 2. The minimum Gasteiger partial charge on any atom is -0.481 e. The van der Waals surface area contributed by atoms with Crippen molar-refractivity contribution in [2.45, 2.75) is 25.7 Å². The predicted molar refractivity (Wildman–Crippen MR) is 112 cm³/mol. The zero-order valence-electron chi connectivity index (χ0n) is 17.1. The van der Waals surface area contributed by atoms with Crippen molar-refractivity contribution in [2.24, 2.45) is 5.92 Å². The maximum absolute atomic E-state index is 12.7. The molecule has 0 saturated carbocycles. The van der Waals surface area contributed by atoms with Crippen LogP contribution in [0.4, 0.5) is 0 Å². The van der Waals surface area contributed by atoms with Gasteiger partial charge in [-0.05, 0) is 30.7 Å². The molecular weight excluding hydrogens is 386 g/mol. The van der Waals surface area contributed by atoms with Crippen molar-refractivity contribution >= 4 is 22.8 Å². The minimum absolute atomic E-state index is 0.171. The lowest BCUT2D eigenvalue weighted by Gasteiger charge is -2.27. The number of carboxylic acid groups (broad SMARTS) is 1. The number of amides is 1. The van der Waals surface area contributed by atoms with E-state index in [4.69, 9.17) is 13.9 Å². The van der Waals surface area contributed by atoms with Crippen molar-refractivity contribution in [2.75, 3.05) is 14.2 Å². The topological polar surface area (TPSA) is 98.0 Å². The summed E-state index contributed by atoms with van der Waals surface area (Å²) in [6.45, 7) is 1.58. The van der Waals surface area contributed by atoms with E-state index in [1.807, 2.05) is 42.5 Å². The predicted octanol–water partition coefficient (Wildman–Crippen LogP) is 3.93. The smallest absolute Gasteiger partial charge is 0.306 e. The van der Waals surface area contributed by atoms with Gasteiger partial charge in [-0.2, -0.15) is 0 Å². The van der Waals surface area contributed by atoms with Crippen molar-refractivity contribution in [3.8, 4) is 11.3 Å².